The van der Waals surface area contributed by atoms with Crippen molar-refractivity contribution in [1.29, 1.82) is 0 Å². The average molecular weight is 937 g/mol. The minimum Gasteiger partial charge on any atom is -0.395 e. The lowest BCUT2D eigenvalue weighted by atomic mass is 10.0. The van der Waals surface area contributed by atoms with Crippen LogP contribution in [0.3, 0.4) is 0 Å². The van der Waals surface area contributed by atoms with Crippen molar-refractivity contribution < 1.29 is 58.2 Å². The number of likely N-dealkylation sites (tertiary alicyclic amines) is 1. The second kappa shape index (κ2) is 29.8. The van der Waals surface area contributed by atoms with Gasteiger partial charge in [0.1, 0.15) is 18.1 Å². The molecule has 0 aromatic rings. The summed E-state index contributed by atoms with van der Waals surface area (Å²) in [5.74, 6) is -5.21. The highest BCUT2D eigenvalue weighted by Gasteiger charge is 2.39. The first-order valence-corrected chi connectivity index (χ1v) is 22.1. The molecule has 1 heterocycles. The van der Waals surface area contributed by atoms with E-state index in [0.717, 1.165) is 16.7 Å². The standard InChI is InChI=1S/C37H62BrN9O12S/c1-22(2)34(56)41-14-7-5-9-26(36(58)46-25(33(39)55)8-4-6-13-40-31(53)19-38)45-30(52)11-10-24(50)20-43-29(51)12-16-47-32(54)18-28(37(47)59)60-21-27(44-23(3)49)35(57)42-15-17-48/h22,24-28,48,50H,4-21H2,1-3H3,(H2,39,55)(H,40,53)(H,41,56)(H,42,57)(H,43,51)(H,44,49)(H,45,52)(H,46,58). The Hall–Kier alpha value is -4.35. The zero-order valence-electron chi connectivity index (χ0n) is 34.5. The van der Waals surface area contributed by atoms with Crippen LogP contribution < -0.4 is 43.0 Å². The molecule has 0 aromatic carbocycles. The Kier molecular flexibility index (Phi) is 26.7. The molecule has 1 aliphatic rings. The van der Waals surface area contributed by atoms with Gasteiger partial charge >= 0.3 is 0 Å². The summed E-state index contributed by atoms with van der Waals surface area (Å²) in [6.07, 6.45) is 0.358. The summed E-state index contributed by atoms with van der Waals surface area (Å²) >= 11 is 4.06. The number of hydrogen-bond acceptors (Lipinski definition) is 13. The Morgan fingerprint density at radius 2 is 1.40 bits per heavy atom. The predicted octanol–water partition coefficient (Wildman–Crippen LogP) is -2.81. The van der Waals surface area contributed by atoms with Gasteiger partial charge in [0, 0.05) is 70.6 Å². The van der Waals surface area contributed by atoms with E-state index in [4.69, 9.17) is 10.8 Å². The number of carbonyl (C=O) groups is 10. The Labute approximate surface area is 362 Å². The van der Waals surface area contributed by atoms with Crippen LogP contribution in [-0.4, -0.2) is 154 Å². The molecule has 0 aliphatic carbocycles. The van der Waals surface area contributed by atoms with E-state index in [9.17, 15) is 53.1 Å². The third-order valence-corrected chi connectivity index (χ3v) is 10.8. The summed E-state index contributed by atoms with van der Waals surface area (Å²) in [6, 6.07) is -3.11. The molecule has 1 aliphatic heterocycles. The second-order valence-corrected chi connectivity index (χ2v) is 16.2. The Morgan fingerprint density at radius 3 is 2.00 bits per heavy atom. The van der Waals surface area contributed by atoms with E-state index in [1.165, 1.54) is 6.92 Å². The maximum Gasteiger partial charge on any atom is 0.243 e. The van der Waals surface area contributed by atoms with Gasteiger partial charge in [-0.2, -0.15) is 0 Å². The summed E-state index contributed by atoms with van der Waals surface area (Å²) in [5, 5.41) is 36.9. The highest BCUT2D eigenvalue weighted by molar-refractivity contribution is 9.09. The minimum absolute atomic E-state index is 0.0180. The van der Waals surface area contributed by atoms with Crippen LogP contribution in [0.2, 0.25) is 0 Å². The lowest BCUT2D eigenvalue weighted by Gasteiger charge is -2.22. The molecule has 0 bridgehead atoms. The summed E-state index contributed by atoms with van der Waals surface area (Å²) in [5.41, 5.74) is 5.54. The number of nitrogens with zero attached hydrogens (tertiary/aromatic N) is 1. The van der Waals surface area contributed by atoms with Crippen molar-refractivity contribution in [1.82, 2.24) is 42.1 Å². The molecule has 23 heteroatoms. The SMILES string of the molecule is CC(=O)NC(CSC1CC(=O)N(CCC(=O)NCC(O)CCC(=O)NC(CCCCNC(=O)C(C)C)C(=O)NC(CCCCNC(=O)CBr)C(N)=O)C1=O)C(=O)NCCO. The van der Waals surface area contributed by atoms with Gasteiger partial charge in [-0.3, -0.25) is 52.8 Å². The average Bonchev–Trinajstić information content (AvgIpc) is 3.47. The number of aliphatic hydroxyl groups is 2. The van der Waals surface area contributed by atoms with E-state index in [-0.39, 0.29) is 93.6 Å². The number of nitrogens with two attached hydrogens (primary N) is 1. The summed E-state index contributed by atoms with van der Waals surface area (Å²) in [7, 11) is 0. The van der Waals surface area contributed by atoms with Gasteiger partial charge in [-0.25, -0.2) is 0 Å². The molecule has 340 valence electrons. The van der Waals surface area contributed by atoms with Crippen LogP contribution in [0.1, 0.15) is 85.0 Å². The van der Waals surface area contributed by atoms with Gasteiger partial charge in [-0.15, -0.1) is 11.8 Å². The van der Waals surface area contributed by atoms with Crippen molar-refractivity contribution >= 4 is 86.8 Å². The van der Waals surface area contributed by atoms with Gasteiger partial charge in [0.05, 0.1) is 23.3 Å². The molecule has 1 rings (SSSR count). The van der Waals surface area contributed by atoms with Crippen molar-refractivity contribution in [2.45, 2.75) is 114 Å². The smallest absolute Gasteiger partial charge is 0.243 e. The van der Waals surface area contributed by atoms with Crippen molar-refractivity contribution in [3.63, 3.8) is 0 Å². The molecule has 0 saturated carbocycles. The fraction of sp³-hybridized carbons (Fsp3) is 0.730. The number of nitrogens with one attached hydrogen (secondary N) is 7. The Balaban J connectivity index is 2.66. The van der Waals surface area contributed by atoms with E-state index in [0.29, 0.717) is 38.8 Å². The van der Waals surface area contributed by atoms with Gasteiger partial charge in [0.2, 0.25) is 59.1 Å². The number of unbranched alkanes of at least 4 members (excludes halogenated alkanes) is 2. The molecular weight excluding hydrogens is 874 g/mol. The van der Waals surface area contributed by atoms with E-state index in [1.54, 1.807) is 13.8 Å². The fourth-order valence-electron chi connectivity index (χ4n) is 5.62. The molecular formula is C37H62BrN9O12S. The van der Waals surface area contributed by atoms with Crippen molar-refractivity contribution in [3.8, 4) is 0 Å². The molecule has 11 N–H and O–H groups in total. The van der Waals surface area contributed by atoms with Crippen LogP contribution in [0.4, 0.5) is 0 Å². The van der Waals surface area contributed by atoms with Crippen LogP contribution in [0.15, 0.2) is 0 Å². The van der Waals surface area contributed by atoms with Crippen molar-refractivity contribution in [2.24, 2.45) is 11.7 Å². The van der Waals surface area contributed by atoms with Crippen LogP contribution >= 0.6 is 27.7 Å². The number of primary amides is 1. The number of amides is 10. The van der Waals surface area contributed by atoms with E-state index >= 15 is 0 Å². The summed E-state index contributed by atoms with van der Waals surface area (Å²) < 4.78 is 0. The second-order valence-electron chi connectivity index (χ2n) is 14.4. The normalized spacial score (nSPS) is 15.7. The zero-order chi connectivity index (χ0) is 45.2. The largest absolute Gasteiger partial charge is 0.395 e. The van der Waals surface area contributed by atoms with Crippen LogP contribution in [0, 0.1) is 5.92 Å². The highest BCUT2D eigenvalue weighted by Crippen LogP contribution is 2.26. The number of hydrogen-bond donors (Lipinski definition) is 10. The molecule has 21 nitrogen and oxygen atoms in total. The third kappa shape index (κ3) is 22.3. The lowest BCUT2D eigenvalue weighted by molar-refractivity contribution is -0.139. The van der Waals surface area contributed by atoms with E-state index in [2.05, 4.69) is 53.1 Å². The molecule has 10 amide bonds. The molecule has 5 atom stereocenters. The summed E-state index contributed by atoms with van der Waals surface area (Å²) in [4.78, 5) is 125. The lowest BCUT2D eigenvalue weighted by Crippen LogP contribution is -2.53. The Morgan fingerprint density at radius 1 is 0.767 bits per heavy atom. The number of thioether (sulfide) groups is 1. The topological polar surface area (TPSA) is 325 Å². The number of imide groups is 1. The van der Waals surface area contributed by atoms with Gasteiger partial charge in [0.25, 0.3) is 0 Å². The first-order chi connectivity index (χ1) is 28.4. The number of alkyl halides is 1. The number of carbonyl (C=O) groups excluding carboxylic acids is 10. The molecule has 5 unspecified atom stereocenters. The molecule has 0 spiro atoms. The zero-order valence-corrected chi connectivity index (χ0v) is 36.9. The number of rotatable bonds is 31. The molecule has 0 aromatic heterocycles. The maximum absolute atomic E-state index is 13.3. The molecule has 60 heavy (non-hydrogen) atoms. The summed E-state index contributed by atoms with van der Waals surface area (Å²) in [6.45, 7) is 4.64. The molecule has 0 radical (unpaired) electrons. The minimum atomic E-state index is -1.17. The quantitative estimate of drug-likeness (QED) is 0.0191. The van der Waals surface area contributed by atoms with Gasteiger partial charge in [0.15, 0.2) is 0 Å². The third-order valence-electron chi connectivity index (χ3n) is 8.99. The maximum atomic E-state index is 13.3. The number of aliphatic hydroxyl groups excluding tert-OH is 2. The van der Waals surface area contributed by atoms with Gasteiger partial charge in [-0.1, -0.05) is 29.8 Å². The predicted molar refractivity (Wildman–Crippen MR) is 224 cm³/mol. The first kappa shape index (κ1) is 53.7. The van der Waals surface area contributed by atoms with Crippen molar-refractivity contribution in [3.05, 3.63) is 0 Å². The highest BCUT2D eigenvalue weighted by atomic mass is 79.9. The first-order valence-electron chi connectivity index (χ1n) is 20.0. The van der Waals surface area contributed by atoms with E-state index in [1.807, 2.05) is 0 Å². The Bertz CT molecular complexity index is 1490. The fourth-order valence-corrected chi connectivity index (χ4v) is 7.01. The van der Waals surface area contributed by atoms with Crippen LogP contribution in [0.5, 0.6) is 0 Å². The van der Waals surface area contributed by atoms with E-state index < -0.39 is 76.7 Å². The molecule has 1 saturated heterocycles. The van der Waals surface area contributed by atoms with Gasteiger partial charge < -0.3 is 53.2 Å². The van der Waals surface area contributed by atoms with Crippen LogP contribution in [-0.2, 0) is 47.9 Å². The molecule has 1 fully saturated rings. The van der Waals surface area contributed by atoms with Gasteiger partial charge in [-0.05, 0) is 44.9 Å². The number of halogens is 1. The van der Waals surface area contributed by atoms with Crippen molar-refractivity contribution in [2.75, 3.05) is 50.4 Å². The van der Waals surface area contributed by atoms with Crippen LogP contribution in [0.25, 0.3) is 0 Å². The monoisotopic (exact) mass is 935 g/mol.